The summed E-state index contributed by atoms with van der Waals surface area (Å²) in [5.74, 6) is 0.687. The number of hydrogen-bond donors (Lipinski definition) is 1. The third kappa shape index (κ3) is 6.92. The van der Waals surface area contributed by atoms with Gasteiger partial charge in [-0.2, -0.15) is 0 Å². The molecule has 3 aromatic carbocycles. The van der Waals surface area contributed by atoms with Crippen LogP contribution in [0.15, 0.2) is 66.7 Å². The Morgan fingerprint density at radius 2 is 1.67 bits per heavy atom. The van der Waals surface area contributed by atoms with Crippen molar-refractivity contribution in [3.05, 3.63) is 99.0 Å². The van der Waals surface area contributed by atoms with Crippen LogP contribution in [-0.2, 0) is 13.2 Å². The highest BCUT2D eigenvalue weighted by Crippen LogP contribution is 2.34. The molecule has 3 rings (SSSR count). The van der Waals surface area contributed by atoms with E-state index in [9.17, 15) is 0 Å². The molecule has 0 bridgehead atoms. The zero-order valence-electron chi connectivity index (χ0n) is 17.3. The van der Waals surface area contributed by atoms with E-state index in [0.717, 1.165) is 24.0 Å². The molecule has 5 heteroatoms. The SMILES string of the molecule is CCCC(NCc1cc(Cl)cc(Cl)c1OCc1ccc(C)cc1)c1ccccc1.[Cl-]. The first-order valence-electron chi connectivity index (χ1n) is 10.0. The van der Waals surface area contributed by atoms with Gasteiger partial charge in [-0.15, -0.1) is 0 Å². The zero-order chi connectivity index (χ0) is 20.6. The number of hydrogen-bond acceptors (Lipinski definition) is 2. The Morgan fingerprint density at radius 1 is 0.967 bits per heavy atom. The Hall–Kier alpha value is -1.71. The highest BCUT2D eigenvalue weighted by molar-refractivity contribution is 6.35. The molecule has 2 nitrogen and oxygen atoms in total. The normalized spacial score (nSPS) is 11.6. The van der Waals surface area contributed by atoms with Gasteiger partial charge in [0.1, 0.15) is 12.4 Å². The van der Waals surface area contributed by atoms with Gasteiger partial charge < -0.3 is 22.5 Å². The summed E-state index contributed by atoms with van der Waals surface area (Å²) in [4.78, 5) is 0. The lowest BCUT2D eigenvalue weighted by Gasteiger charge is -2.21. The van der Waals surface area contributed by atoms with Crippen molar-refractivity contribution in [3.63, 3.8) is 0 Å². The lowest BCUT2D eigenvalue weighted by molar-refractivity contribution is -0.00000614. The van der Waals surface area contributed by atoms with Gasteiger partial charge in [0, 0.05) is 23.2 Å². The fourth-order valence-electron chi connectivity index (χ4n) is 3.34. The van der Waals surface area contributed by atoms with Crippen molar-refractivity contribution in [1.82, 2.24) is 5.32 Å². The average Bonchev–Trinajstić information content (AvgIpc) is 2.72. The van der Waals surface area contributed by atoms with Crippen molar-refractivity contribution in [2.45, 2.75) is 45.9 Å². The molecule has 0 aliphatic rings. The monoisotopic (exact) mass is 462 g/mol. The maximum absolute atomic E-state index is 6.48. The molecular formula is C25H27Cl3NO-. The Labute approximate surface area is 196 Å². The Morgan fingerprint density at radius 3 is 2.33 bits per heavy atom. The van der Waals surface area contributed by atoms with Gasteiger partial charge in [0.25, 0.3) is 0 Å². The Bertz CT molecular complexity index is 914. The molecule has 0 radical (unpaired) electrons. The molecule has 0 aromatic heterocycles. The Balaban J connectivity index is 0.00000320. The number of rotatable bonds is 9. The van der Waals surface area contributed by atoms with Gasteiger partial charge in [-0.1, -0.05) is 96.7 Å². The van der Waals surface area contributed by atoms with Crippen LogP contribution in [0.1, 0.15) is 48.1 Å². The van der Waals surface area contributed by atoms with Gasteiger partial charge >= 0.3 is 0 Å². The summed E-state index contributed by atoms with van der Waals surface area (Å²) in [5.41, 5.74) is 4.58. The molecule has 0 saturated heterocycles. The van der Waals surface area contributed by atoms with Gasteiger partial charge in [0.05, 0.1) is 5.02 Å². The number of aryl methyl sites for hydroxylation is 1. The van der Waals surface area contributed by atoms with Crippen LogP contribution in [0.5, 0.6) is 5.75 Å². The summed E-state index contributed by atoms with van der Waals surface area (Å²) in [7, 11) is 0. The molecule has 0 aliphatic heterocycles. The quantitative estimate of drug-likeness (QED) is 0.504. The third-order valence-corrected chi connectivity index (χ3v) is 5.41. The molecule has 0 aliphatic carbocycles. The van der Waals surface area contributed by atoms with Crippen molar-refractivity contribution in [1.29, 1.82) is 0 Å². The molecule has 3 aromatic rings. The first-order chi connectivity index (χ1) is 14.1. The molecule has 0 amide bonds. The second kappa shape index (κ2) is 12.2. The van der Waals surface area contributed by atoms with E-state index in [4.69, 9.17) is 27.9 Å². The third-order valence-electron chi connectivity index (χ3n) is 4.91. The second-order valence-corrected chi connectivity index (χ2v) is 8.13. The summed E-state index contributed by atoms with van der Waals surface area (Å²) in [5, 5.41) is 4.80. The van der Waals surface area contributed by atoms with Crippen molar-refractivity contribution in [3.8, 4) is 5.75 Å². The average molecular weight is 464 g/mol. The molecule has 30 heavy (non-hydrogen) atoms. The van der Waals surface area contributed by atoms with E-state index in [0.29, 0.717) is 28.9 Å². The highest BCUT2D eigenvalue weighted by atomic mass is 35.5. The van der Waals surface area contributed by atoms with Crippen LogP contribution >= 0.6 is 23.2 Å². The lowest BCUT2D eigenvalue weighted by atomic mass is 10.0. The summed E-state index contributed by atoms with van der Waals surface area (Å²) >= 11 is 12.8. The van der Waals surface area contributed by atoms with E-state index in [2.05, 4.69) is 67.7 Å². The van der Waals surface area contributed by atoms with Crippen molar-refractivity contribution in [2.24, 2.45) is 0 Å². The van der Waals surface area contributed by atoms with Crippen LogP contribution in [-0.4, -0.2) is 0 Å². The minimum atomic E-state index is 0. The highest BCUT2D eigenvalue weighted by Gasteiger charge is 2.15. The summed E-state index contributed by atoms with van der Waals surface area (Å²) < 4.78 is 6.12. The molecule has 0 spiro atoms. The van der Waals surface area contributed by atoms with Crippen LogP contribution in [0.4, 0.5) is 0 Å². The van der Waals surface area contributed by atoms with E-state index in [1.165, 1.54) is 11.1 Å². The molecular weight excluding hydrogens is 437 g/mol. The van der Waals surface area contributed by atoms with Crippen molar-refractivity contribution in [2.75, 3.05) is 0 Å². The van der Waals surface area contributed by atoms with Crippen LogP contribution in [0, 0.1) is 6.92 Å². The zero-order valence-corrected chi connectivity index (χ0v) is 19.6. The predicted octanol–water partition coefficient (Wildman–Crippen LogP) is 4.52. The van der Waals surface area contributed by atoms with Gasteiger partial charge in [0.2, 0.25) is 0 Å². The van der Waals surface area contributed by atoms with Crippen molar-refractivity contribution >= 4 is 23.2 Å². The lowest BCUT2D eigenvalue weighted by Crippen LogP contribution is -3.00. The molecule has 0 fully saturated rings. The summed E-state index contributed by atoms with van der Waals surface area (Å²) in [6, 6.07) is 22.8. The summed E-state index contributed by atoms with van der Waals surface area (Å²) in [6.07, 6.45) is 2.15. The fourth-order valence-corrected chi connectivity index (χ4v) is 3.93. The minimum Gasteiger partial charge on any atom is -1.00 e. The predicted molar refractivity (Wildman–Crippen MR) is 123 cm³/mol. The van der Waals surface area contributed by atoms with Crippen molar-refractivity contribution < 1.29 is 17.1 Å². The number of ether oxygens (including phenoxy) is 1. The molecule has 1 atom stereocenters. The number of halogens is 3. The molecule has 1 N–H and O–H groups in total. The molecule has 1 unspecified atom stereocenters. The van der Waals surface area contributed by atoms with E-state index >= 15 is 0 Å². The van der Waals surface area contributed by atoms with Crippen LogP contribution in [0.2, 0.25) is 10.0 Å². The van der Waals surface area contributed by atoms with E-state index in [-0.39, 0.29) is 18.4 Å². The van der Waals surface area contributed by atoms with Gasteiger partial charge in [0.15, 0.2) is 0 Å². The van der Waals surface area contributed by atoms with Gasteiger partial charge in [-0.05, 0) is 36.6 Å². The smallest absolute Gasteiger partial charge is 0.142 e. The van der Waals surface area contributed by atoms with Crippen LogP contribution < -0.4 is 22.5 Å². The molecule has 160 valence electrons. The maximum atomic E-state index is 6.48. The first-order valence-corrected chi connectivity index (χ1v) is 10.8. The van der Waals surface area contributed by atoms with E-state index < -0.39 is 0 Å². The van der Waals surface area contributed by atoms with E-state index in [1.54, 1.807) is 6.07 Å². The fraction of sp³-hybridized carbons (Fsp3) is 0.280. The number of benzene rings is 3. The second-order valence-electron chi connectivity index (χ2n) is 7.28. The maximum Gasteiger partial charge on any atom is 0.142 e. The standard InChI is InChI=1S/C25H27Cl2NO.ClH/c1-3-7-24(20-8-5-4-6-9-20)28-16-21-14-22(26)15-23(27)25(21)29-17-19-12-10-18(2)11-13-19;/h4-6,8-15,24,28H,3,7,16-17H2,1-2H3;1H/p-1. The topological polar surface area (TPSA) is 21.3 Å². The number of nitrogens with one attached hydrogen (secondary N) is 1. The summed E-state index contributed by atoms with van der Waals surface area (Å²) in [6.45, 7) is 5.36. The molecule has 0 saturated carbocycles. The molecule has 0 heterocycles. The Kier molecular flexibility index (Phi) is 10.0. The van der Waals surface area contributed by atoms with Gasteiger partial charge in [-0.25, -0.2) is 0 Å². The first kappa shape index (κ1) is 24.6. The van der Waals surface area contributed by atoms with Crippen LogP contribution in [0.25, 0.3) is 0 Å². The van der Waals surface area contributed by atoms with Crippen LogP contribution in [0.3, 0.4) is 0 Å². The minimum absolute atomic E-state index is 0. The van der Waals surface area contributed by atoms with E-state index in [1.807, 2.05) is 12.1 Å². The van der Waals surface area contributed by atoms with Gasteiger partial charge in [-0.3, -0.25) is 0 Å². The largest absolute Gasteiger partial charge is 1.00 e.